The molecule has 0 unspecified atom stereocenters. The molecule has 0 fully saturated rings. The highest BCUT2D eigenvalue weighted by Crippen LogP contribution is 2.42. The van der Waals surface area contributed by atoms with E-state index in [-0.39, 0.29) is 10.8 Å². The molecule has 0 bridgehead atoms. The number of hydrogen-bond acceptors (Lipinski definition) is 8. The van der Waals surface area contributed by atoms with Crippen LogP contribution >= 0.6 is 11.3 Å². The van der Waals surface area contributed by atoms with Crippen molar-refractivity contribution in [2.24, 2.45) is 0 Å². The standard InChI is InChI=1S/C31H29N3O5S3/c1-19(35)33-30-34-28(20-11-13-25(14-12-20)41(4,36)37)29(40-30)23-9-6-8-21(16-23)26-18-24(31(2,3)42(5,38)39)17-22-10-7-15-32-27(22)26/h6-18H,1-5H3,(H,33,34,35). The van der Waals surface area contributed by atoms with Gasteiger partial charge in [0.05, 0.1) is 25.7 Å². The minimum Gasteiger partial charge on any atom is -0.302 e. The third-order valence-corrected chi connectivity index (χ3v) is 11.5. The average Bonchev–Trinajstić information content (AvgIpc) is 3.34. The van der Waals surface area contributed by atoms with Gasteiger partial charge in [-0.05, 0) is 66.9 Å². The lowest BCUT2D eigenvalue weighted by Gasteiger charge is -2.24. The third kappa shape index (κ3) is 5.72. The van der Waals surface area contributed by atoms with E-state index >= 15 is 0 Å². The molecule has 0 saturated carbocycles. The van der Waals surface area contributed by atoms with Gasteiger partial charge in [-0.25, -0.2) is 21.8 Å². The maximum absolute atomic E-state index is 12.7. The van der Waals surface area contributed by atoms with Crippen LogP contribution in [0.25, 0.3) is 43.7 Å². The number of amides is 1. The zero-order valence-corrected chi connectivity index (χ0v) is 26.1. The lowest BCUT2D eigenvalue weighted by atomic mass is 9.92. The molecule has 5 rings (SSSR count). The number of aromatic nitrogens is 2. The van der Waals surface area contributed by atoms with E-state index < -0.39 is 24.4 Å². The molecule has 2 heterocycles. The van der Waals surface area contributed by atoms with Crippen LogP contribution in [0.1, 0.15) is 26.3 Å². The van der Waals surface area contributed by atoms with E-state index in [1.807, 2.05) is 48.5 Å². The zero-order chi connectivity index (χ0) is 30.4. The molecule has 1 amide bonds. The van der Waals surface area contributed by atoms with Crippen LogP contribution in [0.2, 0.25) is 0 Å². The van der Waals surface area contributed by atoms with Gasteiger partial charge in [-0.3, -0.25) is 9.78 Å². The van der Waals surface area contributed by atoms with Crippen molar-refractivity contribution < 1.29 is 21.6 Å². The summed E-state index contributed by atoms with van der Waals surface area (Å²) in [7, 11) is -6.80. The number of anilines is 1. The first-order valence-corrected chi connectivity index (χ1v) is 17.5. The summed E-state index contributed by atoms with van der Waals surface area (Å²) in [5.41, 5.74) is 5.12. The summed E-state index contributed by atoms with van der Waals surface area (Å²) in [6.45, 7) is 4.80. The van der Waals surface area contributed by atoms with Gasteiger partial charge in [-0.2, -0.15) is 0 Å². The smallest absolute Gasteiger partial charge is 0.223 e. The number of sulfone groups is 2. The predicted molar refractivity (Wildman–Crippen MR) is 169 cm³/mol. The molecular weight excluding hydrogens is 591 g/mol. The lowest BCUT2D eigenvalue weighted by Crippen LogP contribution is -2.28. The van der Waals surface area contributed by atoms with E-state index in [9.17, 15) is 21.6 Å². The molecule has 2 aromatic heterocycles. The van der Waals surface area contributed by atoms with Gasteiger partial charge in [0.1, 0.15) is 0 Å². The van der Waals surface area contributed by atoms with Gasteiger partial charge in [0, 0.05) is 42.1 Å². The Hall–Kier alpha value is -3.93. The Balaban J connectivity index is 1.70. The van der Waals surface area contributed by atoms with Crippen LogP contribution in [-0.2, 0) is 29.2 Å². The molecule has 0 spiro atoms. The second-order valence-electron chi connectivity index (χ2n) is 10.6. The highest BCUT2D eigenvalue weighted by molar-refractivity contribution is 7.91. The number of benzene rings is 3. The van der Waals surface area contributed by atoms with E-state index in [0.29, 0.717) is 22.0 Å². The van der Waals surface area contributed by atoms with Crippen LogP contribution in [-0.4, -0.2) is 45.2 Å². The Bertz CT molecular complexity index is 2060. The van der Waals surface area contributed by atoms with E-state index in [0.717, 1.165) is 38.7 Å². The first-order chi connectivity index (χ1) is 19.6. The van der Waals surface area contributed by atoms with Gasteiger partial charge in [-0.1, -0.05) is 47.7 Å². The van der Waals surface area contributed by atoms with Crippen LogP contribution < -0.4 is 5.32 Å². The van der Waals surface area contributed by atoms with E-state index in [1.165, 1.54) is 36.6 Å². The Morgan fingerprint density at radius 1 is 0.857 bits per heavy atom. The number of hydrogen-bond donors (Lipinski definition) is 1. The Morgan fingerprint density at radius 2 is 1.55 bits per heavy atom. The Labute approximate surface area is 249 Å². The number of nitrogens with zero attached hydrogens (tertiary/aromatic N) is 2. The van der Waals surface area contributed by atoms with Crippen LogP contribution in [0.5, 0.6) is 0 Å². The van der Waals surface area contributed by atoms with Crippen molar-refractivity contribution in [1.29, 1.82) is 0 Å². The number of carbonyl (C=O) groups is 1. The number of nitrogens with one attached hydrogen (secondary N) is 1. The molecule has 0 radical (unpaired) electrons. The molecular formula is C31H29N3O5S3. The largest absolute Gasteiger partial charge is 0.302 e. The van der Waals surface area contributed by atoms with Crippen LogP contribution in [0, 0.1) is 0 Å². The maximum atomic E-state index is 12.7. The maximum Gasteiger partial charge on any atom is 0.223 e. The highest BCUT2D eigenvalue weighted by Gasteiger charge is 2.33. The fourth-order valence-electron chi connectivity index (χ4n) is 4.58. The average molecular weight is 620 g/mol. The summed E-state index contributed by atoms with van der Waals surface area (Å²) in [5.74, 6) is -0.258. The second kappa shape index (κ2) is 10.7. The fourth-order valence-corrected chi connectivity index (χ4v) is 6.78. The molecule has 11 heteroatoms. The van der Waals surface area contributed by atoms with Gasteiger partial charge in [0.2, 0.25) is 5.91 Å². The van der Waals surface area contributed by atoms with Crippen molar-refractivity contribution in [3.63, 3.8) is 0 Å². The molecule has 0 aliphatic rings. The van der Waals surface area contributed by atoms with Gasteiger partial charge in [0.15, 0.2) is 24.8 Å². The van der Waals surface area contributed by atoms with Gasteiger partial charge >= 0.3 is 0 Å². The first-order valence-electron chi connectivity index (χ1n) is 12.9. The third-order valence-electron chi connectivity index (χ3n) is 7.23. The minimum atomic E-state index is -3.43. The highest BCUT2D eigenvalue weighted by atomic mass is 32.2. The fraction of sp³-hybridized carbons (Fsp3) is 0.194. The molecule has 5 aromatic rings. The quantitative estimate of drug-likeness (QED) is 0.226. The first kappa shape index (κ1) is 29.6. The van der Waals surface area contributed by atoms with Crippen LogP contribution in [0.15, 0.2) is 83.9 Å². The summed E-state index contributed by atoms with van der Waals surface area (Å²) < 4.78 is 48.3. The van der Waals surface area contributed by atoms with Gasteiger partial charge < -0.3 is 5.32 Å². The minimum absolute atomic E-state index is 0.198. The molecule has 216 valence electrons. The number of carbonyl (C=O) groups excluding carboxylic acids is 1. The zero-order valence-electron chi connectivity index (χ0n) is 23.7. The van der Waals surface area contributed by atoms with E-state index in [4.69, 9.17) is 0 Å². The summed E-state index contributed by atoms with van der Waals surface area (Å²) in [5, 5.41) is 3.99. The van der Waals surface area contributed by atoms with Crippen molar-refractivity contribution in [1.82, 2.24) is 9.97 Å². The molecule has 0 aliphatic carbocycles. The molecule has 8 nitrogen and oxygen atoms in total. The van der Waals surface area contributed by atoms with Crippen molar-refractivity contribution in [3.8, 4) is 32.8 Å². The topological polar surface area (TPSA) is 123 Å². The SMILES string of the molecule is CC(=O)Nc1nc(-c2ccc(S(C)(=O)=O)cc2)c(-c2cccc(-c3cc(C(C)(C)S(C)(=O)=O)cc4cccnc34)c2)s1. The monoisotopic (exact) mass is 619 g/mol. The molecule has 0 saturated heterocycles. The normalized spacial score (nSPS) is 12.4. The number of fused-ring (bicyclic) bond motifs is 1. The van der Waals surface area contributed by atoms with Crippen molar-refractivity contribution in [2.75, 3.05) is 17.8 Å². The Morgan fingerprint density at radius 3 is 2.19 bits per heavy atom. The van der Waals surface area contributed by atoms with Gasteiger partial charge in [0.25, 0.3) is 0 Å². The Kier molecular flexibility index (Phi) is 7.55. The van der Waals surface area contributed by atoms with Crippen molar-refractivity contribution in [2.45, 2.75) is 30.4 Å². The summed E-state index contributed by atoms with van der Waals surface area (Å²) in [4.78, 5) is 22.1. The van der Waals surface area contributed by atoms with E-state index in [2.05, 4.69) is 15.3 Å². The van der Waals surface area contributed by atoms with Crippen molar-refractivity contribution >= 4 is 53.0 Å². The number of pyridine rings is 1. The molecule has 3 aromatic carbocycles. The molecule has 0 aliphatic heterocycles. The van der Waals surface area contributed by atoms with Crippen molar-refractivity contribution in [3.05, 3.63) is 84.6 Å². The summed E-state index contributed by atoms with van der Waals surface area (Å²) in [6.07, 6.45) is 4.10. The summed E-state index contributed by atoms with van der Waals surface area (Å²) >= 11 is 1.31. The lowest BCUT2D eigenvalue weighted by molar-refractivity contribution is -0.114. The number of rotatable bonds is 7. The molecule has 42 heavy (non-hydrogen) atoms. The second-order valence-corrected chi connectivity index (χ2v) is 16.2. The number of thiazole rings is 1. The predicted octanol–water partition coefficient (Wildman–Crippen LogP) is 6.33. The van der Waals surface area contributed by atoms with Crippen LogP contribution in [0.4, 0.5) is 5.13 Å². The van der Waals surface area contributed by atoms with Gasteiger partial charge in [-0.15, -0.1) is 0 Å². The summed E-state index contributed by atoms with van der Waals surface area (Å²) in [6, 6.07) is 21.7. The molecule has 0 atom stereocenters. The van der Waals surface area contributed by atoms with E-state index in [1.54, 1.807) is 32.2 Å². The molecule has 1 N–H and O–H groups in total. The van der Waals surface area contributed by atoms with Crippen LogP contribution in [0.3, 0.4) is 0 Å².